The van der Waals surface area contributed by atoms with Crippen LogP contribution in [0.2, 0.25) is 0 Å². The minimum atomic E-state index is -0.174. The van der Waals surface area contributed by atoms with Gasteiger partial charge in [0.15, 0.2) is 0 Å². The van der Waals surface area contributed by atoms with E-state index in [9.17, 15) is 9.59 Å². The first-order valence-corrected chi connectivity index (χ1v) is 21.5. The molecule has 60 heavy (non-hydrogen) atoms. The molecular formula is C46H56N8O6. The molecule has 0 bridgehead atoms. The average Bonchev–Trinajstić information content (AvgIpc) is 3.54. The Morgan fingerprint density at radius 3 is 1.50 bits per heavy atom. The van der Waals surface area contributed by atoms with E-state index in [2.05, 4.69) is 54.0 Å². The molecule has 14 heteroatoms. The third kappa shape index (κ3) is 8.32. The van der Waals surface area contributed by atoms with Crippen LogP contribution < -0.4 is 25.0 Å². The van der Waals surface area contributed by atoms with Gasteiger partial charge in [0.05, 0.1) is 83.0 Å². The summed E-state index contributed by atoms with van der Waals surface area (Å²) in [5, 5.41) is 1.96. The van der Waals surface area contributed by atoms with E-state index in [0.29, 0.717) is 30.4 Å². The topological polar surface area (TPSA) is 158 Å². The number of hydrogen-bond donors (Lipinski definition) is 1. The van der Waals surface area contributed by atoms with Crippen LogP contribution in [0.15, 0.2) is 61.2 Å². The zero-order valence-corrected chi connectivity index (χ0v) is 34.6. The normalized spacial score (nSPS) is 23.4. The Labute approximate surface area is 351 Å². The minimum absolute atomic E-state index is 0. The monoisotopic (exact) mass is 816 g/mol. The Morgan fingerprint density at radius 2 is 1.05 bits per heavy atom. The summed E-state index contributed by atoms with van der Waals surface area (Å²) in [5.41, 5.74) is 12.9. The van der Waals surface area contributed by atoms with Crippen molar-refractivity contribution >= 4 is 45.0 Å². The summed E-state index contributed by atoms with van der Waals surface area (Å²) < 4.78 is 24.0. The number of fused-ring (bicyclic) bond motifs is 3. The van der Waals surface area contributed by atoms with Gasteiger partial charge in [-0.2, -0.15) is 0 Å². The summed E-state index contributed by atoms with van der Waals surface area (Å²) in [5.74, 6) is 1.35. The summed E-state index contributed by atoms with van der Waals surface area (Å²) in [6.07, 6.45) is 10.5. The Hall–Kier alpha value is -5.44. The van der Waals surface area contributed by atoms with E-state index in [-0.39, 0.29) is 31.5 Å². The van der Waals surface area contributed by atoms with E-state index in [1.807, 2.05) is 13.8 Å². The molecule has 5 heterocycles. The van der Waals surface area contributed by atoms with Crippen LogP contribution in [0.4, 0.5) is 11.4 Å². The van der Waals surface area contributed by atoms with Crippen molar-refractivity contribution in [1.82, 2.24) is 24.8 Å². The van der Waals surface area contributed by atoms with Gasteiger partial charge in [0.1, 0.15) is 24.2 Å². The lowest BCUT2D eigenvalue weighted by atomic mass is 9.91. The maximum Gasteiger partial charge on any atom is 0.261 e. The zero-order valence-electron chi connectivity index (χ0n) is 34.6. The van der Waals surface area contributed by atoms with Gasteiger partial charge < -0.3 is 34.5 Å². The fraction of sp³-hybridized carbons (Fsp3) is 0.478. The molecular weight excluding hydrogens is 761 g/mol. The molecule has 0 atom stereocenters. The number of aryl methyl sites for hydroxylation is 2. The quantitative estimate of drug-likeness (QED) is 0.179. The highest BCUT2D eigenvalue weighted by atomic mass is 16.5. The number of aromatic nitrogens is 4. The molecule has 0 spiro atoms. The number of benzene rings is 3. The number of ether oxygens (including phenoxy) is 4. The third-order valence-electron chi connectivity index (χ3n) is 12.6. The predicted molar refractivity (Wildman–Crippen MR) is 231 cm³/mol. The van der Waals surface area contributed by atoms with Gasteiger partial charge in [-0.3, -0.25) is 14.5 Å². The minimum Gasteiger partial charge on any atom is -0.490 e. The molecule has 5 aromatic rings. The lowest BCUT2D eigenvalue weighted by Crippen LogP contribution is -2.43. The zero-order chi connectivity index (χ0) is 41.2. The average molecular weight is 817 g/mol. The van der Waals surface area contributed by atoms with Crippen LogP contribution in [0.3, 0.4) is 0 Å². The molecule has 4 fully saturated rings. The van der Waals surface area contributed by atoms with Crippen molar-refractivity contribution in [3.05, 3.63) is 83.7 Å². The first-order valence-electron chi connectivity index (χ1n) is 21.5. The number of hydrogen-bond acceptors (Lipinski definition) is 13. The number of anilines is 2. The summed E-state index contributed by atoms with van der Waals surface area (Å²) in [6, 6.07) is 15.8. The number of rotatable bonds is 7. The van der Waals surface area contributed by atoms with Crippen LogP contribution in [0.25, 0.3) is 21.8 Å². The first-order chi connectivity index (χ1) is 29.3. The van der Waals surface area contributed by atoms with E-state index < -0.39 is 0 Å². The number of nitrogens with zero attached hydrogens (tertiary/aromatic N) is 7. The molecule has 2 saturated heterocycles. The fourth-order valence-corrected chi connectivity index (χ4v) is 9.31. The van der Waals surface area contributed by atoms with E-state index in [0.717, 1.165) is 147 Å². The third-order valence-corrected chi connectivity index (χ3v) is 12.6. The van der Waals surface area contributed by atoms with Crippen molar-refractivity contribution in [2.75, 3.05) is 62.4 Å². The molecule has 2 amide bonds. The van der Waals surface area contributed by atoms with Crippen molar-refractivity contribution in [3.8, 4) is 11.5 Å². The summed E-state index contributed by atoms with van der Waals surface area (Å²) in [7, 11) is 0. The predicted octanol–water partition coefficient (Wildman–Crippen LogP) is 6.43. The number of imide groups is 1. The Morgan fingerprint density at radius 1 is 0.617 bits per heavy atom. The van der Waals surface area contributed by atoms with Crippen LogP contribution in [-0.4, -0.2) is 114 Å². The Kier molecular flexibility index (Phi) is 11.8. The largest absolute Gasteiger partial charge is 0.490 e. The second-order valence-corrected chi connectivity index (χ2v) is 16.5. The highest BCUT2D eigenvalue weighted by molar-refractivity contribution is 6.21. The van der Waals surface area contributed by atoms with Gasteiger partial charge in [0.25, 0.3) is 11.8 Å². The Balaban J connectivity index is 0.000000175. The van der Waals surface area contributed by atoms with Gasteiger partial charge in [0, 0.05) is 63.2 Å². The van der Waals surface area contributed by atoms with Gasteiger partial charge in [-0.25, -0.2) is 19.9 Å². The molecule has 0 unspecified atom stereocenters. The van der Waals surface area contributed by atoms with Gasteiger partial charge >= 0.3 is 0 Å². The van der Waals surface area contributed by atoms with Gasteiger partial charge in [-0.05, 0) is 89.5 Å². The molecule has 2 aromatic heterocycles. The number of carbonyl (C=O) groups excluding carboxylic acids is 2. The van der Waals surface area contributed by atoms with Crippen LogP contribution in [0.1, 0.15) is 84.9 Å². The van der Waals surface area contributed by atoms with Crippen LogP contribution in [0.5, 0.6) is 11.5 Å². The highest BCUT2D eigenvalue weighted by Crippen LogP contribution is 2.38. The SMILES string of the molecule is Cc1ncnc2cc(N3CCOCC3)cc(OC3CCC(N)CC3)c12.Cc1ncnc2cc(N3CCOCC3)cc(OC3CCC(N4C(=O)c5ccccc5C4=O)CC3)c12.[HH]. The second kappa shape index (κ2) is 17.6. The van der Waals surface area contributed by atoms with Crippen LogP contribution in [-0.2, 0) is 9.47 Å². The number of amides is 2. The van der Waals surface area contributed by atoms with Crippen LogP contribution in [0, 0.1) is 13.8 Å². The summed E-state index contributed by atoms with van der Waals surface area (Å²) in [4.78, 5) is 49.7. The first kappa shape index (κ1) is 40.0. The highest BCUT2D eigenvalue weighted by Gasteiger charge is 2.41. The summed E-state index contributed by atoms with van der Waals surface area (Å²) >= 11 is 0. The van der Waals surface area contributed by atoms with E-state index in [4.69, 9.17) is 24.7 Å². The molecule has 0 radical (unpaired) electrons. The smallest absolute Gasteiger partial charge is 0.261 e. The molecule has 316 valence electrons. The molecule has 5 aliphatic rings. The van der Waals surface area contributed by atoms with Gasteiger partial charge in [-0.1, -0.05) is 12.1 Å². The van der Waals surface area contributed by atoms with Crippen molar-refractivity contribution in [2.45, 2.75) is 89.5 Å². The lowest BCUT2D eigenvalue weighted by Gasteiger charge is -2.34. The number of nitrogens with two attached hydrogens (primary N) is 1. The second-order valence-electron chi connectivity index (χ2n) is 16.5. The molecule has 2 N–H and O–H groups in total. The standard InChI is InChI=1S/C27H28N4O4.C19H26N4O2.H2/c1-17-25-23(29-16-28-17)14-19(30-10-12-34-13-11-30)15-24(25)35-20-8-6-18(7-9-20)31-26(32)21-4-2-3-5-22(21)27(31)33;1-13-19-17(22-12-21-13)10-15(23-6-8-24-9-7-23)11-18(19)25-16-4-2-14(20)3-5-16;/h2-5,14-16,18,20H,6-13H2,1H3;10-12,14,16H,2-9,20H2,1H3;1H. The molecule has 2 saturated carbocycles. The Bertz CT molecular complexity index is 2320. The maximum atomic E-state index is 12.9. The van der Waals surface area contributed by atoms with E-state index in [1.165, 1.54) is 4.90 Å². The van der Waals surface area contributed by atoms with Crippen molar-refractivity contribution in [1.29, 1.82) is 0 Å². The van der Waals surface area contributed by atoms with Crippen molar-refractivity contribution < 1.29 is 30.0 Å². The van der Waals surface area contributed by atoms with Gasteiger partial charge in [-0.15, -0.1) is 0 Å². The lowest BCUT2D eigenvalue weighted by molar-refractivity contribution is 0.0479. The molecule has 10 rings (SSSR count). The summed E-state index contributed by atoms with van der Waals surface area (Å²) in [6.45, 7) is 10.4. The number of carbonyl (C=O) groups is 2. The van der Waals surface area contributed by atoms with Crippen molar-refractivity contribution in [2.24, 2.45) is 5.73 Å². The number of morpholine rings is 2. The molecule has 3 aromatic carbocycles. The van der Waals surface area contributed by atoms with Crippen LogP contribution >= 0.6 is 0 Å². The molecule has 14 nitrogen and oxygen atoms in total. The fourth-order valence-electron chi connectivity index (χ4n) is 9.31. The van der Waals surface area contributed by atoms with Crippen molar-refractivity contribution in [3.63, 3.8) is 0 Å². The maximum absolute atomic E-state index is 12.9. The molecule has 3 aliphatic heterocycles. The van der Waals surface area contributed by atoms with E-state index >= 15 is 0 Å². The van der Waals surface area contributed by atoms with Gasteiger partial charge in [0.2, 0.25) is 0 Å². The van der Waals surface area contributed by atoms with E-state index in [1.54, 1.807) is 36.9 Å². The molecule has 2 aliphatic carbocycles.